The van der Waals surface area contributed by atoms with Crippen molar-refractivity contribution < 1.29 is 14.6 Å². The Hall–Kier alpha value is -0.910. The molecule has 0 bridgehead atoms. The lowest BCUT2D eigenvalue weighted by atomic mass is 10.1. The third-order valence-electron chi connectivity index (χ3n) is 3.23. The summed E-state index contributed by atoms with van der Waals surface area (Å²) in [5.41, 5.74) is 0.497. The normalized spacial score (nSPS) is 26.6. The number of rotatable bonds is 2. The number of hydrogen-bond donors (Lipinski definition) is 1. The first-order chi connectivity index (χ1) is 8.36. The molecule has 1 saturated heterocycles. The zero-order valence-electron chi connectivity index (χ0n) is 11.1. The number of carbonyl (C=O) groups excluding carboxylic acids is 1. The van der Waals surface area contributed by atoms with Crippen molar-refractivity contribution in [3.8, 4) is 0 Å². The van der Waals surface area contributed by atoms with Crippen LogP contribution < -0.4 is 0 Å². The van der Waals surface area contributed by atoms with Crippen molar-refractivity contribution in [2.24, 2.45) is 0 Å². The van der Waals surface area contributed by atoms with E-state index in [9.17, 15) is 9.90 Å². The van der Waals surface area contributed by atoms with Crippen LogP contribution in [0.15, 0.2) is 11.4 Å². The number of nitrogens with zero attached hydrogens (tertiary/aromatic N) is 1. The molecule has 0 aromatic carbocycles. The first-order valence-electron chi connectivity index (χ1n) is 6.00. The number of amides is 1. The predicted octanol–water partition coefficient (Wildman–Crippen LogP) is 2.07. The topological polar surface area (TPSA) is 49.8 Å². The van der Waals surface area contributed by atoms with Crippen LogP contribution in [0.3, 0.4) is 0 Å². The van der Waals surface area contributed by atoms with Crippen LogP contribution in [0, 0.1) is 6.92 Å². The van der Waals surface area contributed by atoms with Crippen LogP contribution in [0.1, 0.15) is 37.3 Å². The highest BCUT2D eigenvalue weighted by atomic mass is 32.1. The molecule has 1 aliphatic heterocycles. The molecule has 1 aromatic rings. The van der Waals surface area contributed by atoms with E-state index in [1.807, 2.05) is 20.8 Å². The summed E-state index contributed by atoms with van der Waals surface area (Å²) < 4.78 is 5.98. The largest absolute Gasteiger partial charge is 0.394 e. The number of hydrogen-bond acceptors (Lipinski definition) is 4. The highest BCUT2D eigenvalue weighted by Crippen LogP contribution is 2.42. The van der Waals surface area contributed by atoms with Gasteiger partial charge >= 0.3 is 0 Å². The average molecular weight is 269 g/mol. The van der Waals surface area contributed by atoms with E-state index in [4.69, 9.17) is 4.74 Å². The minimum Gasteiger partial charge on any atom is -0.394 e. The lowest BCUT2D eigenvalue weighted by Crippen LogP contribution is -2.48. The lowest BCUT2D eigenvalue weighted by molar-refractivity contribution is -0.145. The molecule has 0 saturated carbocycles. The maximum Gasteiger partial charge on any atom is 0.222 e. The zero-order chi connectivity index (χ0) is 13.5. The predicted molar refractivity (Wildman–Crippen MR) is 70.4 cm³/mol. The Balaban J connectivity index is 2.36. The van der Waals surface area contributed by atoms with E-state index in [-0.39, 0.29) is 24.7 Å². The Morgan fingerprint density at radius 3 is 2.72 bits per heavy atom. The zero-order valence-corrected chi connectivity index (χ0v) is 12.0. The first-order valence-corrected chi connectivity index (χ1v) is 6.88. The van der Waals surface area contributed by atoms with Gasteiger partial charge in [0, 0.05) is 11.8 Å². The second-order valence-electron chi connectivity index (χ2n) is 5.15. The second kappa shape index (κ2) is 4.64. The number of aliphatic hydroxyl groups excluding tert-OH is 1. The highest BCUT2D eigenvalue weighted by molar-refractivity contribution is 7.10. The van der Waals surface area contributed by atoms with Crippen LogP contribution in [-0.4, -0.2) is 34.3 Å². The molecule has 1 aliphatic rings. The van der Waals surface area contributed by atoms with E-state index < -0.39 is 5.72 Å². The van der Waals surface area contributed by atoms with Gasteiger partial charge in [-0.05, 0) is 37.8 Å². The fraction of sp³-hybridized carbons (Fsp3) is 0.615. The summed E-state index contributed by atoms with van der Waals surface area (Å²) in [5, 5.41) is 11.6. The van der Waals surface area contributed by atoms with Gasteiger partial charge in [-0.3, -0.25) is 4.79 Å². The van der Waals surface area contributed by atoms with Gasteiger partial charge in [-0.2, -0.15) is 0 Å². The molecule has 2 rings (SSSR count). The Bertz CT molecular complexity index is 455. The van der Waals surface area contributed by atoms with Crippen molar-refractivity contribution in [1.82, 2.24) is 4.90 Å². The van der Waals surface area contributed by atoms with Crippen LogP contribution in [0.4, 0.5) is 0 Å². The van der Waals surface area contributed by atoms with Crippen LogP contribution in [-0.2, 0) is 9.53 Å². The van der Waals surface area contributed by atoms with Gasteiger partial charge < -0.3 is 14.7 Å². The van der Waals surface area contributed by atoms with E-state index in [0.29, 0.717) is 0 Å². The molecule has 4 nitrogen and oxygen atoms in total. The third-order valence-corrected chi connectivity index (χ3v) is 4.35. The standard InChI is InChI=1S/C13H19NO3S/c1-8-5-11(18-7-8)12-10(6-15)14(9(2)16)13(3,4)17-12/h5,7,10,12,15H,6H2,1-4H3/t10-,12-/m0/s1. The first kappa shape index (κ1) is 13.5. The number of aliphatic hydroxyl groups is 1. The van der Waals surface area contributed by atoms with Crippen LogP contribution >= 0.6 is 11.3 Å². The molecule has 0 spiro atoms. The van der Waals surface area contributed by atoms with Gasteiger partial charge in [0.15, 0.2) is 0 Å². The fourth-order valence-corrected chi connectivity index (χ4v) is 3.60. The van der Waals surface area contributed by atoms with E-state index in [1.54, 1.807) is 16.2 Å². The molecule has 1 aromatic heterocycles. The van der Waals surface area contributed by atoms with Crippen molar-refractivity contribution in [2.75, 3.05) is 6.61 Å². The van der Waals surface area contributed by atoms with Crippen molar-refractivity contribution in [3.63, 3.8) is 0 Å². The Morgan fingerprint density at radius 2 is 2.28 bits per heavy atom. The summed E-state index contributed by atoms with van der Waals surface area (Å²) in [6.45, 7) is 7.16. The summed E-state index contributed by atoms with van der Waals surface area (Å²) in [5.74, 6) is -0.0742. The molecule has 100 valence electrons. The van der Waals surface area contributed by atoms with Crippen molar-refractivity contribution in [2.45, 2.75) is 45.6 Å². The molecule has 2 atom stereocenters. The van der Waals surface area contributed by atoms with Gasteiger partial charge in [-0.1, -0.05) is 0 Å². The van der Waals surface area contributed by atoms with E-state index in [2.05, 4.69) is 11.4 Å². The van der Waals surface area contributed by atoms with Gasteiger partial charge in [0.2, 0.25) is 5.91 Å². The molecular weight excluding hydrogens is 250 g/mol. The Kier molecular flexibility index (Phi) is 3.49. The third kappa shape index (κ3) is 2.18. The summed E-state index contributed by atoms with van der Waals surface area (Å²) in [4.78, 5) is 14.4. The number of ether oxygens (including phenoxy) is 1. The summed E-state index contributed by atoms with van der Waals surface area (Å²) >= 11 is 1.61. The van der Waals surface area contributed by atoms with Crippen molar-refractivity contribution in [3.05, 3.63) is 21.9 Å². The summed E-state index contributed by atoms with van der Waals surface area (Å²) in [6, 6.07) is 1.74. The minimum absolute atomic E-state index is 0.0742. The Morgan fingerprint density at radius 1 is 1.61 bits per heavy atom. The van der Waals surface area contributed by atoms with Crippen molar-refractivity contribution >= 4 is 17.2 Å². The van der Waals surface area contributed by atoms with Crippen LogP contribution in [0.2, 0.25) is 0 Å². The maximum absolute atomic E-state index is 11.8. The maximum atomic E-state index is 11.8. The number of thiophene rings is 1. The molecular formula is C13H19NO3S. The molecule has 2 heterocycles. The quantitative estimate of drug-likeness (QED) is 0.894. The number of aryl methyl sites for hydroxylation is 1. The fourth-order valence-electron chi connectivity index (χ4n) is 2.62. The van der Waals surface area contributed by atoms with E-state index >= 15 is 0 Å². The SMILES string of the molecule is CC(=O)N1[C@@H](CO)[C@@H](c2cc(C)cs2)OC1(C)C. The van der Waals surface area contributed by atoms with Crippen LogP contribution in [0.5, 0.6) is 0 Å². The number of carbonyl (C=O) groups is 1. The van der Waals surface area contributed by atoms with Crippen LogP contribution in [0.25, 0.3) is 0 Å². The van der Waals surface area contributed by atoms with Gasteiger partial charge in [0.05, 0.1) is 12.6 Å². The van der Waals surface area contributed by atoms with Crippen molar-refractivity contribution in [1.29, 1.82) is 0 Å². The summed E-state index contributed by atoms with van der Waals surface area (Å²) in [7, 11) is 0. The van der Waals surface area contributed by atoms with Gasteiger partial charge in [-0.15, -0.1) is 11.3 Å². The molecule has 1 amide bonds. The molecule has 1 fully saturated rings. The molecule has 0 aliphatic carbocycles. The average Bonchev–Trinajstić information content (AvgIpc) is 2.78. The Labute approximate surface area is 111 Å². The van der Waals surface area contributed by atoms with E-state index in [1.165, 1.54) is 12.5 Å². The molecule has 18 heavy (non-hydrogen) atoms. The minimum atomic E-state index is -0.679. The summed E-state index contributed by atoms with van der Waals surface area (Å²) in [6.07, 6.45) is -0.243. The van der Waals surface area contributed by atoms with E-state index in [0.717, 1.165) is 4.88 Å². The van der Waals surface area contributed by atoms with Gasteiger partial charge in [0.25, 0.3) is 0 Å². The smallest absolute Gasteiger partial charge is 0.222 e. The molecule has 5 heteroatoms. The van der Waals surface area contributed by atoms with Gasteiger partial charge in [0.1, 0.15) is 11.8 Å². The molecule has 0 radical (unpaired) electrons. The van der Waals surface area contributed by atoms with Gasteiger partial charge in [-0.25, -0.2) is 0 Å². The highest BCUT2D eigenvalue weighted by Gasteiger charge is 2.49. The molecule has 0 unspecified atom stereocenters. The molecule has 1 N–H and O–H groups in total. The second-order valence-corrected chi connectivity index (χ2v) is 6.09. The lowest BCUT2D eigenvalue weighted by Gasteiger charge is -2.31. The monoisotopic (exact) mass is 269 g/mol.